The van der Waals surface area contributed by atoms with E-state index in [0.717, 1.165) is 6.42 Å². The van der Waals surface area contributed by atoms with Crippen molar-refractivity contribution in [1.29, 1.82) is 0 Å². The van der Waals surface area contributed by atoms with Crippen LogP contribution in [0.3, 0.4) is 0 Å². The number of alkyl halides is 3. The molecule has 0 unspecified atom stereocenters. The maximum absolute atomic E-state index is 13.5. The number of rotatable bonds is 4. The van der Waals surface area contributed by atoms with Crippen LogP contribution in [0, 0.1) is 6.92 Å². The molecule has 1 fully saturated rings. The second-order valence-electron chi connectivity index (χ2n) is 6.24. The number of halogens is 3. The smallest absolute Gasteiger partial charge is 0.392 e. The molecule has 2 aromatic heterocycles. The van der Waals surface area contributed by atoms with Crippen molar-refractivity contribution in [2.45, 2.75) is 39.1 Å². The zero-order valence-electron chi connectivity index (χ0n) is 14.2. The first-order valence-corrected chi connectivity index (χ1v) is 8.21. The Balaban J connectivity index is 1.94. The van der Waals surface area contributed by atoms with Crippen LogP contribution in [0.15, 0.2) is 24.5 Å². The van der Waals surface area contributed by atoms with Crippen LogP contribution in [0.25, 0.3) is 11.3 Å². The molecule has 3 heterocycles. The van der Waals surface area contributed by atoms with Crippen LogP contribution >= 0.6 is 0 Å². The Morgan fingerprint density at radius 1 is 1.23 bits per heavy atom. The number of amides is 1. The molecule has 5 nitrogen and oxygen atoms in total. The van der Waals surface area contributed by atoms with Gasteiger partial charge in [0.1, 0.15) is 0 Å². The fourth-order valence-electron chi connectivity index (χ4n) is 3.09. The number of likely N-dealkylation sites (tertiary alicyclic amines) is 1. The summed E-state index contributed by atoms with van der Waals surface area (Å²) in [6.45, 7) is 1.83. The van der Waals surface area contributed by atoms with Gasteiger partial charge >= 0.3 is 6.18 Å². The molecule has 0 saturated carbocycles. The molecule has 1 amide bonds. The quantitative estimate of drug-likeness (QED) is 0.904. The summed E-state index contributed by atoms with van der Waals surface area (Å²) < 4.78 is 40.6. The van der Waals surface area contributed by atoms with Crippen LogP contribution in [0.4, 0.5) is 13.2 Å². The predicted molar refractivity (Wildman–Crippen MR) is 87.8 cm³/mol. The highest BCUT2D eigenvalue weighted by Gasteiger charge is 2.37. The Hall–Kier alpha value is -2.48. The summed E-state index contributed by atoms with van der Waals surface area (Å²) in [5, 5.41) is 9.21. The number of carbonyl (C=O) groups excluding carboxylic acids is 1. The molecule has 0 bridgehead atoms. The third-order valence-corrected chi connectivity index (χ3v) is 4.52. The van der Waals surface area contributed by atoms with E-state index in [-0.39, 0.29) is 28.3 Å². The average molecular weight is 365 g/mol. The van der Waals surface area contributed by atoms with Gasteiger partial charge in [-0.25, -0.2) is 0 Å². The molecular weight excluding hydrogens is 347 g/mol. The Labute approximate surface area is 148 Å². The fraction of sp³-hybridized carbons (Fsp3) is 0.389. The van der Waals surface area contributed by atoms with Crippen LogP contribution in [-0.4, -0.2) is 32.4 Å². The highest BCUT2D eigenvalue weighted by Crippen LogP contribution is 2.39. The number of hydrogen-bond acceptors (Lipinski definition) is 4. The van der Waals surface area contributed by atoms with Gasteiger partial charge in [0.15, 0.2) is 0 Å². The standard InChI is InChI=1S/C18H18F3N3O2/c1-11-13(10-25)8-23-17(16(11)18(19,20)21)12-4-5-14(22-7-12)9-24-6-2-3-15(24)26/h4-5,7-8,25H,2-3,6,9-10H2,1H3. The van der Waals surface area contributed by atoms with Crippen molar-refractivity contribution < 1.29 is 23.1 Å². The molecule has 0 radical (unpaired) electrons. The van der Waals surface area contributed by atoms with E-state index < -0.39 is 18.3 Å². The molecule has 0 aliphatic carbocycles. The van der Waals surface area contributed by atoms with Crippen molar-refractivity contribution in [2.24, 2.45) is 0 Å². The Morgan fingerprint density at radius 3 is 2.54 bits per heavy atom. The Bertz CT molecular complexity index is 820. The number of aliphatic hydroxyl groups is 1. The third-order valence-electron chi connectivity index (χ3n) is 4.52. The predicted octanol–water partition coefficient (Wildman–Crippen LogP) is 3.09. The van der Waals surface area contributed by atoms with Gasteiger partial charge in [0.2, 0.25) is 5.91 Å². The van der Waals surface area contributed by atoms with Crippen molar-refractivity contribution in [2.75, 3.05) is 6.54 Å². The topological polar surface area (TPSA) is 66.3 Å². The van der Waals surface area contributed by atoms with Gasteiger partial charge in [-0.15, -0.1) is 0 Å². The maximum Gasteiger partial charge on any atom is 0.418 e. The van der Waals surface area contributed by atoms with E-state index in [1.807, 2.05) is 0 Å². The second kappa shape index (κ2) is 7.03. The maximum atomic E-state index is 13.5. The van der Waals surface area contributed by atoms with Gasteiger partial charge < -0.3 is 10.0 Å². The molecule has 8 heteroatoms. The first-order chi connectivity index (χ1) is 12.3. The summed E-state index contributed by atoms with van der Waals surface area (Å²) in [5.41, 5.74) is -0.144. The molecule has 138 valence electrons. The molecule has 1 N–H and O–H groups in total. The first-order valence-electron chi connectivity index (χ1n) is 8.21. The minimum atomic E-state index is -4.60. The Kier molecular flexibility index (Phi) is 4.95. The lowest BCUT2D eigenvalue weighted by molar-refractivity contribution is -0.137. The minimum absolute atomic E-state index is 0.0447. The summed E-state index contributed by atoms with van der Waals surface area (Å²) in [6.07, 6.45) is -0.680. The molecule has 2 aromatic rings. The van der Waals surface area contributed by atoms with E-state index in [4.69, 9.17) is 0 Å². The second-order valence-corrected chi connectivity index (χ2v) is 6.24. The lowest BCUT2D eigenvalue weighted by atomic mass is 9.99. The van der Waals surface area contributed by atoms with Crippen LogP contribution in [0.5, 0.6) is 0 Å². The molecule has 1 saturated heterocycles. The number of aromatic nitrogens is 2. The minimum Gasteiger partial charge on any atom is -0.392 e. The van der Waals surface area contributed by atoms with E-state index in [1.54, 1.807) is 11.0 Å². The van der Waals surface area contributed by atoms with Crippen LogP contribution in [0.2, 0.25) is 0 Å². The summed E-state index contributed by atoms with van der Waals surface area (Å²) >= 11 is 0. The number of hydrogen-bond donors (Lipinski definition) is 1. The molecule has 26 heavy (non-hydrogen) atoms. The molecule has 3 rings (SSSR count). The SMILES string of the molecule is Cc1c(CO)cnc(-c2ccc(CN3CCCC3=O)nc2)c1C(F)(F)F. The monoisotopic (exact) mass is 365 g/mol. The number of pyridine rings is 2. The number of nitrogens with zero attached hydrogens (tertiary/aromatic N) is 3. The van der Waals surface area contributed by atoms with Crippen LogP contribution in [-0.2, 0) is 24.1 Å². The highest BCUT2D eigenvalue weighted by molar-refractivity contribution is 5.78. The van der Waals surface area contributed by atoms with Gasteiger partial charge in [0.05, 0.1) is 30.1 Å². The van der Waals surface area contributed by atoms with Crippen molar-refractivity contribution in [3.63, 3.8) is 0 Å². The molecule has 0 atom stereocenters. The van der Waals surface area contributed by atoms with E-state index in [0.29, 0.717) is 25.2 Å². The van der Waals surface area contributed by atoms with E-state index in [9.17, 15) is 23.1 Å². The molecule has 1 aliphatic heterocycles. The van der Waals surface area contributed by atoms with E-state index >= 15 is 0 Å². The molecule has 1 aliphatic rings. The third kappa shape index (κ3) is 3.55. The summed E-state index contributed by atoms with van der Waals surface area (Å²) in [6, 6.07) is 3.14. The fourth-order valence-corrected chi connectivity index (χ4v) is 3.09. The average Bonchev–Trinajstić information content (AvgIpc) is 2.99. The summed E-state index contributed by atoms with van der Waals surface area (Å²) in [4.78, 5) is 21.5. The van der Waals surface area contributed by atoms with Gasteiger partial charge in [-0.2, -0.15) is 13.2 Å². The Morgan fingerprint density at radius 2 is 2.00 bits per heavy atom. The molecule has 0 aromatic carbocycles. The number of carbonyl (C=O) groups is 1. The van der Waals surface area contributed by atoms with E-state index in [1.165, 1.54) is 25.4 Å². The van der Waals surface area contributed by atoms with Crippen LogP contribution in [0.1, 0.15) is 35.2 Å². The van der Waals surface area contributed by atoms with Gasteiger partial charge in [-0.1, -0.05) is 0 Å². The van der Waals surface area contributed by atoms with Gasteiger partial charge in [0, 0.05) is 30.9 Å². The summed E-state index contributed by atoms with van der Waals surface area (Å²) in [7, 11) is 0. The van der Waals surface area contributed by atoms with Gasteiger partial charge in [-0.3, -0.25) is 14.8 Å². The molecular formula is C18H18F3N3O2. The lowest BCUT2D eigenvalue weighted by Crippen LogP contribution is -2.24. The zero-order valence-corrected chi connectivity index (χ0v) is 14.2. The van der Waals surface area contributed by atoms with Crippen LogP contribution < -0.4 is 0 Å². The lowest BCUT2D eigenvalue weighted by Gasteiger charge is -2.18. The summed E-state index contributed by atoms with van der Waals surface area (Å²) in [5.74, 6) is 0.0621. The largest absolute Gasteiger partial charge is 0.418 e. The van der Waals surface area contributed by atoms with Crippen molar-refractivity contribution in [3.05, 3.63) is 46.9 Å². The van der Waals surface area contributed by atoms with Crippen molar-refractivity contribution >= 4 is 5.91 Å². The van der Waals surface area contributed by atoms with Gasteiger partial charge in [0.25, 0.3) is 0 Å². The zero-order chi connectivity index (χ0) is 18.9. The normalized spacial score (nSPS) is 15.0. The number of aliphatic hydroxyl groups excluding tert-OH is 1. The van der Waals surface area contributed by atoms with Gasteiger partial charge in [-0.05, 0) is 36.6 Å². The highest BCUT2D eigenvalue weighted by atomic mass is 19.4. The van der Waals surface area contributed by atoms with E-state index in [2.05, 4.69) is 9.97 Å². The van der Waals surface area contributed by atoms with Crippen molar-refractivity contribution in [1.82, 2.24) is 14.9 Å². The molecule has 0 spiro atoms. The van der Waals surface area contributed by atoms with Crippen molar-refractivity contribution in [3.8, 4) is 11.3 Å². The first kappa shape index (κ1) is 18.3.